The molecule has 0 bridgehead atoms. The molecule has 0 aromatic heterocycles. The summed E-state index contributed by atoms with van der Waals surface area (Å²) < 4.78 is 38.1. The van der Waals surface area contributed by atoms with Gasteiger partial charge in [-0.3, -0.25) is 9.52 Å². The van der Waals surface area contributed by atoms with Crippen molar-refractivity contribution in [3.63, 3.8) is 0 Å². The predicted octanol–water partition coefficient (Wildman–Crippen LogP) is 3.57. The molecule has 0 saturated heterocycles. The van der Waals surface area contributed by atoms with Crippen LogP contribution in [0.4, 0.5) is 5.69 Å². The minimum Gasteiger partial charge on any atom is -0.497 e. The summed E-state index contributed by atoms with van der Waals surface area (Å²) in [6.07, 6.45) is 0. The van der Waals surface area contributed by atoms with Crippen LogP contribution in [0.2, 0.25) is 0 Å². The van der Waals surface area contributed by atoms with Gasteiger partial charge in [0.2, 0.25) is 0 Å². The van der Waals surface area contributed by atoms with Crippen LogP contribution in [0.3, 0.4) is 0 Å². The maximum absolute atomic E-state index is 12.7. The van der Waals surface area contributed by atoms with E-state index in [-0.39, 0.29) is 16.4 Å². The molecule has 162 valence electrons. The van der Waals surface area contributed by atoms with Gasteiger partial charge in [0.05, 0.1) is 18.6 Å². The molecule has 0 aliphatic rings. The van der Waals surface area contributed by atoms with Crippen LogP contribution in [-0.4, -0.2) is 28.5 Å². The predicted molar refractivity (Wildman–Crippen MR) is 119 cm³/mol. The quantitative estimate of drug-likeness (QED) is 0.531. The zero-order valence-corrected chi connectivity index (χ0v) is 18.1. The average molecular weight is 441 g/mol. The second kappa shape index (κ2) is 10.1. The number of sulfonamides is 1. The van der Waals surface area contributed by atoms with Crippen molar-refractivity contribution in [3.8, 4) is 5.75 Å². The van der Waals surface area contributed by atoms with Crippen molar-refractivity contribution in [2.75, 3.05) is 18.9 Å². The number of carbonyl (C=O) groups is 1. The number of ether oxygens (including phenoxy) is 2. The molecular formula is C23H24N2O5S. The highest BCUT2D eigenvalue weighted by Gasteiger charge is 2.16. The third kappa shape index (κ3) is 6.07. The third-order valence-electron chi connectivity index (χ3n) is 4.54. The Labute approximate surface area is 182 Å². The molecule has 3 aromatic carbocycles. The minimum absolute atomic E-state index is 0.000105. The summed E-state index contributed by atoms with van der Waals surface area (Å²) in [5, 5.41) is 2.81. The normalized spacial score (nSPS) is 11.0. The lowest BCUT2D eigenvalue weighted by Crippen LogP contribution is -2.23. The maximum atomic E-state index is 12.7. The Morgan fingerprint density at radius 2 is 1.58 bits per heavy atom. The van der Waals surface area contributed by atoms with E-state index in [2.05, 4.69) is 10.0 Å². The molecule has 0 aliphatic heterocycles. The fourth-order valence-electron chi connectivity index (χ4n) is 2.88. The molecule has 0 spiro atoms. The van der Waals surface area contributed by atoms with Gasteiger partial charge in [0.15, 0.2) is 0 Å². The zero-order chi connectivity index (χ0) is 22.3. The lowest BCUT2D eigenvalue weighted by atomic mass is 10.1. The van der Waals surface area contributed by atoms with Crippen LogP contribution in [0.25, 0.3) is 0 Å². The molecule has 0 unspecified atom stereocenters. The van der Waals surface area contributed by atoms with Crippen LogP contribution in [0.1, 0.15) is 21.5 Å². The molecule has 0 heterocycles. The van der Waals surface area contributed by atoms with Gasteiger partial charge in [-0.2, -0.15) is 0 Å². The van der Waals surface area contributed by atoms with E-state index in [0.29, 0.717) is 24.6 Å². The Hall–Kier alpha value is -3.36. The summed E-state index contributed by atoms with van der Waals surface area (Å²) in [5.74, 6) is 0.261. The summed E-state index contributed by atoms with van der Waals surface area (Å²) >= 11 is 0. The summed E-state index contributed by atoms with van der Waals surface area (Å²) in [6.45, 7) is 0.853. The van der Waals surface area contributed by atoms with Gasteiger partial charge < -0.3 is 14.8 Å². The smallest absolute Gasteiger partial charge is 0.261 e. The Balaban J connectivity index is 1.67. The van der Waals surface area contributed by atoms with E-state index in [9.17, 15) is 13.2 Å². The molecule has 31 heavy (non-hydrogen) atoms. The molecule has 0 radical (unpaired) electrons. The van der Waals surface area contributed by atoms with Gasteiger partial charge in [-0.25, -0.2) is 8.42 Å². The number of rotatable bonds is 9. The van der Waals surface area contributed by atoms with E-state index in [0.717, 1.165) is 11.1 Å². The number of anilines is 1. The van der Waals surface area contributed by atoms with Crippen LogP contribution < -0.4 is 14.8 Å². The Morgan fingerprint density at radius 3 is 2.23 bits per heavy atom. The largest absolute Gasteiger partial charge is 0.497 e. The fourth-order valence-corrected chi connectivity index (χ4v) is 3.99. The van der Waals surface area contributed by atoms with Gasteiger partial charge in [-0.15, -0.1) is 0 Å². The van der Waals surface area contributed by atoms with E-state index in [4.69, 9.17) is 9.47 Å². The van der Waals surface area contributed by atoms with Crippen LogP contribution in [0.5, 0.6) is 5.75 Å². The average Bonchev–Trinajstić information content (AvgIpc) is 2.79. The number of carbonyl (C=O) groups excluding carboxylic acids is 1. The van der Waals surface area contributed by atoms with Crippen molar-refractivity contribution in [2.45, 2.75) is 18.0 Å². The van der Waals surface area contributed by atoms with E-state index >= 15 is 0 Å². The first-order chi connectivity index (χ1) is 14.9. The first-order valence-corrected chi connectivity index (χ1v) is 11.0. The minimum atomic E-state index is -3.85. The fraction of sp³-hybridized carbons (Fsp3) is 0.174. The molecule has 0 aliphatic carbocycles. The van der Waals surface area contributed by atoms with Gasteiger partial charge in [-0.1, -0.05) is 30.3 Å². The molecule has 0 atom stereocenters. The number of benzene rings is 3. The van der Waals surface area contributed by atoms with Crippen molar-refractivity contribution in [1.29, 1.82) is 0 Å². The second-order valence-corrected chi connectivity index (χ2v) is 8.48. The van der Waals surface area contributed by atoms with E-state index in [1.807, 2.05) is 24.3 Å². The Bertz CT molecular complexity index is 1130. The van der Waals surface area contributed by atoms with Crippen molar-refractivity contribution >= 4 is 21.6 Å². The molecule has 7 nitrogen and oxygen atoms in total. The molecule has 2 N–H and O–H groups in total. The Morgan fingerprint density at radius 1 is 0.903 bits per heavy atom. The third-order valence-corrected chi connectivity index (χ3v) is 5.91. The molecule has 3 rings (SSSR count). The standard InChI is InChI=1S/C23H24N2O5S/c1-29-16-18-8-6-17(7-9-18)15-24-23(26)19-4-3-5-22(14-19)31(27,28)25-20-10-12-21(30-2)13-11-20/h3-14,25H,15-16H2,1-2H3,(H,24,26). The summed E-state index contributed by atoms with van der Waals surface area (Å²) in [5.41, 5.74) is 2.62. The highest BCUT2D eigenvalue weighted by Crippen LogP contribution is 2.20. The zero-order valence-electron chi connectivity index (χ0n) is 17.3. The highest BCUT2D eigenvalue weighted by atomic mass is 32.2. The van der Waals surface area contributed by atoms with Crippen molar-refractivity contribution in [3.05, 3.63) is 89.5 Å². The van der Waals surface area contributed by atoms with Crippen LogP contribution >= 0.6 is 0 Å². The van der Waals surface area contributed by atoms with Crippen LogP contribution in [-0.2, 0) is 27.9 Å². The Kier molecular flexibility index (Phi) is 7.28. The molecule has 0 fully saturated rings. The van der Waals surface area contributed by atoms with Gasteiger partial charge in [0, 0.05) is 24.9 Å². The number of nitrogens with one attached hydrogen (secondary N) is 2. The van der Waals surface area contributed by atoms with Gasteiger partial charge in [-0.05, 0) is 53.6 Å². The number of amides is 1. The second-order valence-electron chi connectivity index (χ2n) is 6.79. The van der Waals surface area contributed by atoms with Crippen molar-refractivity contribution in [1.82, 2.24) is 5.32 Å². The molecule has 1 amide bonds. The van der Waals surface area contributed by atoms with Gasteiger partial charge >= 0.3 is 0 Å². The molecule has 3 aromatic rings. The number of hydrogen-bond acceptors (Lipinski definition) is 5. The molecular weight excluding hydrogens is 416 g/mol. The summed E-state index contributed by atoms with van der Waals surface area (Å²) in [7, 11) is -0.681. The van der Waals surface area contributed by atoms with Gasteiger partial charge in [0.1, 0.15) is 5.75 Å². The van der Waals surface area contributed by atoms with E-state index in [1.165, 1.54) is 25.3 Å². The SMILES string of the molecule is COCc1ccc(CNC(=O)c2cccc(S(=O)(=O)Nc3ccc(OC)cc3)c2)cc1. The monoisotopic (exact) mass is 440 g/mol. The first kappa shape index (κ1) is 22.3. The highest BCUT2D eigenvalue weighted by molar-refractivity contribution is 7.92. The molecule has 8 heteroatoms. The van der Waals surface area contributed by atoms with Crippen LogP contribution in [0, 0.1) is 0 Å². The summed E-state index contributed by atoms with van der Waals surface area (Å²) in [4.78, 5) is 12.5. The van der Waals surface area contributed by atoms with Crippen molar-refractivity contribution < 1.29 is 22.7 Å². The van der Waals surface area contributed by atoms with E-state index in [1.54, 1.807) is 37.4 Å². The lowest BCUT2D eigenvalue weighted by molar-refractivity contribution is 0.0950. The maximum Gasteiger partial charge on any atom is 0.261 e. The van der Waals surface area contributed by atoms with E-state index < -0.39 is 10.0 Å². The number of hydrogen-bond donors (Lipinski definition) is 2. The first-order valence-electron chi connectivity index (χ1n) is 9.53. The number of methoxy groups -OCH3 is 2. The summed E-state index contributed by atoms with van der Waals surface area (Å²) in [6, 6.07) is 20.1. The topological polar surface area (TPSA) is 93.7 Å². The van der Waals surface area contributed by atoms with Crippen LogP contribution in [0.15, 0.2) is 77.7 Å². The van der Waals surface area contributed by atoms with Crippen molar-refractivity contribution in [2.24, 2.45) is 0 Å². The molecule has 0 saturated carbocycles. The lowest BCUT2D eigenvalue weighted by Gasteiger charge is -2.11. The van der Waals surface area contributed by atoms with Gasteiger partial charge in [0.25, 0.3) is 15.9 Å².